The SMILES string of the molecule is CCC(=O)O[C@H]1CSC2C3C(O)CC4C[C@@H](O)CC[C@]4(C)C3CC[C@@]21CO. The second-order valence-electron chi connectivity index (χ2n) is 9.63. The van der Waals surface area contributed by atoms with Gasteiger partial charge in [0.1, 0.15) is 6.10 Å². The monoisotopic (exact) mass is 398 g/mol. The van der Waals surface area contributed by atoms with E-state index in [-0.39, 0.29) is 41.4 Å². The molecule has 0 bridgehead atoms. The number of hydrogen-bond acceptors (Lipinski definition) is 6. The van der Waals surface area contributed by atoms with Crippen LogP contribution in [0.5, 0.6) is 0 Å². The zero-order valence-corrected chi connectivity index (χ0v) is 17.3. The van der Waals surface area contributed by atoms with Crippen molar-refractivity contribution >= 4 is 17.7 Å². The number of fused-ring (bicyclic) bond motifs is 5. The third-order valence-electron chi connectivity index (χ3n) is 8.55. The average molecular weight is 399 g/mol. The van der Waals surface area contributed by atoms with Gasteiger partial charge in [0.15, 0.2) is 0 Å². The van der Waals surface area contributed by atoms with E-state index in [1.54, 1.807) is 18.7 Å². The Hall–Kier alpha value is -0.300. The van der Waals surface area contributed by atoms with E-state index >= 15 is 0 Å². The van der Waals surface area contributed by atoms with Crippen molar-refractivity contribution in [1.29, 1.82) is 0 Å². The highest BCUT2D eigenvalue weighted by Gasteiger charge is 2.65. The molecule has 3 aliphatic carbocycles. The molecule has 4 fully saturated rings. The van der Waals surface area contributed by atoms with Gasteiger partial charge in [0.25, 0.3) is 0 Å². The predicted octanol–water partition coefficient (Wildman–Crippen LogP) is 2.36. The molecular weight excluding hydrogens is 364 g/mol. The molecule has 0 aromatic heterocycles. The van der Waals surface area contributed by atoms with Crippen LogP contribution in [0.4, 0.5) is 0 Å². The van der Waals surface area contributed by atoms with Gasteiger partial charge in [-0.1, -0.05) is 13.8 Å². The first-order chi connectivity index (χ1) is 12.9. The number of carbonyl (C=O) groups excluding carboxylic acids is 1. The van der Waals surface area contributed by atoms with E-state index in [1.165, 1.54) is 0 Å². The highest BCUT2D eigenvalue weighted by Crippen LogP contribution is 2.66. The largest absolute Gasteiger partial charge is 0.461 e. The highest BCUT2D eigenvalue weighted by molar-refractivity contribution is 8.00. The van der Waals surface area contributed by atoms with Gasteiger partial charge >= 0.3 is 5.97 Å². The van der Waals surface area contributed by atoms with Gasteiger partial charge < -0.3 is 20.1 Å². The quantitative estimate of drug-likeness (QED) is 0.633. The van der Waals surface area contributed by atoms with Crippen LogP contribution in [0.15, 0.2) is 0 Å². The molecule has 0 radical (unpaired) electrons. The van der Waals surface area contributed by atoms with Gasteiger partial charge in [0, 0.05) is 28.8 Å². The van der Waals surface area contributed by atoms with E-state index in [4.69, 9.17) is 4.74 Å². The maximum atomic E-state index is 11.9. The standard InChI is InChI=1S/C21H34O5S/c1-3-17(25)26-16-10-27-19-18-14(5-7-21(16,19)11-22)20(2)6-4-13(23)8-12(20)9-15(18)24/h12-16,18-19,22-24H,3-11H2,1-2H3/t12?,13-,14?,15?,16-,18?,19?,20-,21-/m0/s1. The minimum absolute atomic E-state index is 0.0150. The Labute approximate surface area is 166 Å². The van der Waals surface area contributed by atoms with Crippen molar-refractivity contribution in [1.82, 2.24) is 0 Å². The van der Waals surface area contributed by atoms with Crippen LogP contribution >= 0.6 is 11.8 Å². The molecule has 0 aromatic carbocycles. The third-order valence-corrected chi connectivity index (χ3v) is 10.2. The third kappa shape index (κ3) is 2.97. The lowest BCUT2D eigenvalue weighted by atomic mass is 9.46. The predicted molar refractivity (Wildman–Crippen MR) is 104 cm³/mol. The summed E-state index contributed by atoms with van der Waals surface area (Å²) in [7, 11) is 0. The van der Waals surface area contributed by atoms with Crippen molar-refractivity contribution in [3.8, 4) is 0 Å². The maximum Gasteiger partial charge on any atom is 0.305 e. The molecule has 1 saturated heterocycles. The Bertz CT molecular complexity index is 585. The summed E-state index contributed by atoms with van der Waals surface area (Å²) in [6.07, 6.45) is 4.69. The minimum Gasteiger partial charge on any atom is -0.461 e. The molecule has 1 aliphatic heterocycles. The summed E-state index contributed by atoms with van der Waals surface area (Å²) in [4.78, 5) is 11.9. The lowest BCUT2D eigenvalue weighted by molar-refractivity contribution is -0.175. The molecule has 6 heteroatoms. The van der Waals surface area contributed by atoms with E-state index in [2.05, 4.69) is 6.92 Å². The van der Waals surface area contributed by atoms with Crippen LogP contribution in [0, 0.1) is 28.6 Å². The van der Waals surface area contributed by atoms with Crippen molar-refractivity contribution < 1.29 is 24.9 Å². The fourth-order valence-electron chi connectivity index (χ4n) is 6.93. The van der Waals surface area contributed by atoms with Crippen molar-refractivity contribution in [2.75, 3.05) is 12.4 Å². The average Bonchev–Trinajstić information content (AvgIpc) is 3.02. The van der Waals surface area contributed by atoms with Crippen LogP contribution in [-0.2, 0) is 9.53 Å². The summed E-state index contributed by atoms with van der Waals surface area (Å²) < 4.78 is 5.75. The molecular formula is C21H34O5S. The topological polar surface area (TPSA) is 87.0 Å². The zero-order chi connectivity index (χ0) is 19.4. The Morgan fingerprint density at radius 2 is 2.00 bits per heavy atom. The fraction of sp³-hybridized carbons (Fsp3) is 0.952. The molecule has 4 rings (SSSR count). The lowest BCUT2D eigenvalue weighted by Gasteiger charge is -2.61. The Balaban J connectivity index is 1.62. The summed E-state index contributed by atoms with van der Waals surface area (Å²) in [5.74, 6) is 1.44. The van der Waals surface area contributed by atoms with Gasteiger partial charge in [-0.25, -0.2) is 0 Å². The van der Waals surface area contributed by atoms with E-state index in [0.29, 0.717) is 24.0 Å². The lowest BCUT2D eigenvalue weighted by Crippen LogP contribution is -2.62. The fourth-order valence-corrected chi connectivity index (χ4v) is 8.99. The molecule has 3 N–H and O–H groups in total. The normalized spacial score (nSPS) is 51.8. The number of hydrogen-bond donors (Lipinski definition) is 3. The van der Waals surface area contributed by atoms with E-state index < -0.39 is 11.5 Å². The van der Waals surface area contributed by atoms with Gasteiger partial charge in [-0.2, -0.15) is 11.8 Å². The van der Waals surface area contributed by atoms with E-state index in [9.17, 15) is 20.1 Å². The summed E-state index contributed by atoms with van der Waals surface area (Å²) in [6.45, 7) is 4.18. The Morgan fingerprint density at radius 1 is 1.22 bits per heavy atom. The number of aliphatic hydroxyl groups excluding tert-OH is 3. The van der Waals surface area contributed by atoms with Crippen LogP contribution < -0.4 is 0 Å². The molecule has 5 nitrogen and oxygen atoms in total. The van der Waals surface area contributed by atoms with Gasteiger partial charge in [-0.3, -0.25) is 4.79 Å². The van der Waals surface area contributed by atoms with Gasteiger partial charge in [-0.15, -0.1) is 0 Å². The van der Waals surface area contributed by atoms with Crippen molar-refractivity contribution in [3.63, 3.8) is 0 Å². The second-order valence-corrected chi connectivity index (χ2v) is 10.8. The number of carbonyl (C=O) groups is 1. The number of rotatable bonds is 3. The molecule has 27 heavy (non-hydrogen) atoms. The van der Waals surface area contributed by atoms with E-state index in [1.807, 2.05) is 0 Å². The highest BCUT2D eigenvalue weighted by atomic mass is 32.2. The maximum absolute atomic E-state index is 11.9. The molecule has 154 valence electrons. The van der Waals surface area contributed by atoms with Crippen molar-refractivity contribution in [2.24, 2.45) is 28.6 Å². The van der Waals surface area contributed by atoms with Crippen LogP contribution in [0.2, 0.25) is 0 Å². The number of esters is 1. The van der Waals surface area contributed by atoms with E-state index in [0.717, 1.165) is 38.5 Å². The van der Waals surface area contributed by atoms with Crippen LogP contribution in [0.25, 0.3) is 0 Å². The second kappa shape index (κ2) is 7.19. The molecule has 1 heterocycles. The summed E-state index contributed by atoms with van der Waals surface area (Å²) in [5, 5.41) is 31.8. The van der Waals surface area contributed by atoms with Gasteiger partial charge in [0.2, 0.25) is 0 Å². The van der Waals surface area contributed by atoms with Gasteiger partial charge in [0.05, 0.1) is 18.8 Å². The molecule has 0 aromatic rings. The number of thioether (sulfide) groups is 1. The first-order valence-corrected chi connectivity index (χ1v) is 11.7. The first kappa shape index (κ1) is 20.0. The molecule has 9 atom stereocenters. The summed E-state index contributed by atoms with van der Waals surface area (Å²) in [6, 6.07) is 0. The van der Waals surface area contributed by atoms with Crippen molar-refractivity contribution in [2.45, 2.75) is 82.4 Å². The van der Waals surface area contributed by atoms with Crippen LogP contribution in [0.1, 0.15) is 58.8 Å². The summed E-state index contributed by atoms with van der Waals surface area (Å²) in [5.41, 5.74) is -0.265. The molecule has 5 unspecified atom stereocenters. The molecule has 4 aliphatic rings. The molecule has 0 amide bonds. The van der Waals surface area contributed by atoms with Crippen molar-refractivity contribution in [3.05, 3.63) is 0 Å². The first-order valence-electron chi connectivity index (χ1n) is 10.6. The zero-order valence-electron chi connectivity index (χ0n) is 16.5. The Kier molecular flexibility index (Phi) is 5.32. The molecule has 3 saturated carbocycles. The smallest absolute Gasteiger partial charge is 0.305 e. The number of aliphatic hydroxyl groups is 3. The van der Waals surface area contributed by atoms with Crippen LogP contribution in [0.3, 0.4) is 0 Å². The number of ether oxygens (including phenoxy) is 1. The van der Waals surface area contributed by atoms with Crippen LogP contribution in [-0.4, -0.2) is 57.2 Å². The molecule has 0 spiro atoms. The van der Waals surface area contributed by atoms with Gasteiger partial charge in [-0.05, 0) is 55.8 Å². The summed E-state index contributed by atoms with van der Waals surface area (Å²) >= 11 is 1.79. The minimum atomic E-state index is -0.422. The Morgan fingerprint density at radius 3 is 2.70 bits per heavy atom.